The van der Waals surface area contributed by atoms with Crippen LogP contribution in [0.4, 0.5) is 17.1 Å². The van der Waals surface area contributed by atoms with E-state index in [1.165, 1.54) is 5.56 Å². The monoisotopic (exact) mass is 402 g/mol. The molecule has 0 radical (unpaired) electrons. The van der Waals surface area contributed by atoms with Gasteiger partial charge in [0, 0.05) is 19.4 Å². The number of hydrogen-bond donors (Lipinski definition) is 2. The number of anilines is 3. The Morgan fingerprint density at radius 2 is 1.94 bits per heavy atom. The van der Waals surface area contributed by atoms with Crippen LogP contribution in [0, 0.1) is 10.5 Å². The summed E-state index contributed by atoms with van der Waals surface area (Å²) in [4.78, 5) is 0. The van der Waals surface area contributed by atoms with Crippen LogP contribution in [0.3, 0.4) is 0 Å². The van der Waals surface area contributed by atoms with Gasteiger partial charge in [-0.1, -0.05) is 22.0 Å². The minimum absolute atomic E-state index is 0.783. The van der Waals surface area contributed by atoms with Crippen LogP contribution in [0.1, 0.15) is 5.56 Å². The number of rotatable bonds is 2. The SMILES string of the molecule is Cc1c(Br)cccc1Nc1ccc(N)cc1I. The summed E-state index contributed by atoms with van der Waals surface area (Å²) in [6, 6.07) is 12.0. The van der Waals surface area contributed by atoms with E-state index >= 15 is 0 Å². The second-order valence-corrected chi connectivity index (χ2v) is 5.79. The second-order valence-electron chi connectivity index (χ2n) is 3.78. The van der Waals surface area contributed by atoms with Crippen LogP contribution in [-0.4, -0.2) is 0 Å². The molecule has 3 N–H and O–H groups in total. The van der Waals surface area contributed by atoms with Crippen LogP contribution in [0.5, 0.6) is 0 Å². The smallest absolute Gasteiger partial charge is 0.0521 e. The summed E-state index contributed by atoms with van der Waals surface area (Å²) in [6.07, 6.45) is 0. The first-order valence-corrected chi connectivity index (χ1v) is 7.02. The molecule has 0 aromatic heterocycles. The molecule has 0 bridgehead atoms. The highest BCUT2D eigenvalue weighted by Gasteiger charge is 2.04. The van der Waals surface area contributed by atoms with Crippen LogP contribution < -0.4 is 11.1 Å². The Hall–Kier alpha value is -0.750. The molecule has 0 atom stereocenters. The molecule has 0 saturated carbocycles. The second kappa shape index (κ2) is 5.27. The van der Waals surface area contributed by atoms with Crippen molar-refractivity contribution in [2.45, 2.75) is 6.92 Å². The van der Waals surface area contributed by atoms with E-state index in [0.717, 1.165) is 25.1 Å². The molecule has 0 aliphatic rings. The molecule has 2 rings (SSSR count). The highest BCUT2D eigenvalue weighted by atomic mass is 127. The average Bonchev–Trinajstić information content (AvgIpc) is 2.28. The Balaban J connectivity index is 2.35. The van der Waals surface area contributed by atoms with E-state index in [4.69, 9.17) is 5.73 Å². The van der Waals surface area contributed by atoms with Crippen molar-refractivity contribution in [2.24, 2.45) is 0 Å². The summed E-state index contributed by atoms with van der Waals surface area (Å²) in [5.74, 6) is 0. The van der Waals surface area contributed by atoms with Gasteiger partial charge in [-0.15, -0.1) is 0 Å². The van der Waals surface area contributed by atoms with Gasteiger partial charge in [0.1, 0.15) is 0 Å². The number of nitrogens with one attached hydrogen (secondary N) is 1. The quantitative estimate of drug-likeness (QED) is 0.565. The van der Waals surface area contributed by atoms with Crippen LogP contribution in [0.25, 0.3) is 0 Å². The fourth-order valence-electron chi connectivity index (χ4n) is 1.52. The van der Waals surface area contributed by atoms with E-state index < -0.39 is 0 Å². The molecular weight excluding hydrogens is 391 g/mol. The van der Waals surface area contributed by atoms with Crippen molar-refractivity contribution in [1.29, 1.82) is 0 Å². The predicted molar refractivity (Wildman–Crippen MR) is 85.7 cm³/mol. The maximum atomic E-state index is 5.73. The molecule has 2 nitrogen and oxygen atoms in total. The average molecular weight is 403 g/mol. The largest absolute Gasteiger partial charge is 0.399 e. The van der Waals surface area contributed by atoms with Gasteiger partial charge in [-0.3, -0.25) is 0 Å². The molecule has 0 heterocycles. The molecule has 0 amide bonds. The Morgan fingerprint density at radius 3 is 2.65 bits per heavy atom. The highest BCUT2D eigenvalue weighted by Crippen LogP contribution is 2.29. The first-order valence-electron chi connectivity index (χ1n) is 5.15. The lowest BCUT2D eigenvalue weighted by atomic mass is 10.2. The minimum Gasteiger partial charge on any atom is -0.399 e. The zero-order valence-corrected chi connectivity index (χ0v) is 13.0. The van der Waals surface area contributed by atoms with Crippen LogP contribution in [0.15, 0.2) is 40.9 Å². The van der Waals surface area contributed by atoms with Gasteiger partial charge >= 0.3 is 0 Å². The van der Waals surface area contributed by atoms with Gasteiger partial charge in [0.2, 0.25) is 0 Å². The predicted octanol–water partition coefficient (Wildman–Crippen LogP) is 4.69. The van der Waals surface area contributed by atoms with Crippen molar-refractivity contribution in [2.75, 3.05) is 11.1 Å². The summed E-state index contributed by atoms with van der Waals surface area (Å²) >= 11 is 5.81. The molecular formula is C13H12BrIN2. The topological polar surface area (TPSA) is 38.0 Å². The normalized spacial score (nSPS) is 10.3. The van der Waals surface area contributed by atoms with Gasteiger partial charge in [0.05, 0.1) is 5.69 Å². The van der Waals surface area contributed by atoms with Crippen LogP contribution in [0.2, 0.25) is 0 Å². The standard InChI is InChI=1S/C13H12BrIN2/c1-8-10(14)3-2-4-12(8)17-13-6-5-9(16)7-11(13)15/h2-7,17H,16H2,1H3. The van der Waals surface area contributed by atoms with Gasteiger partial charge < -0.3 is 11.1 Å². The van der Waals surface area contributed by atoms with Gasteiger partial charge in [-0.25, -0.2) is 0 Å². The fraction of sp³-hybridized carbons (Fsp3) is 0.0769. The van der Waals surface area contributed by atoms with Crippen LogP contribution >= 0.6 is 38.5 Å². The maximum absolute atomic E-state index is 5.73. The minimum atomic E-state index is 0.783. The van der Waals surface area contributed by atoms with Crippen molar-refractivity contribution < 1.29 is 0 Å². The number of benzene rings is 2. The van der Waals surface area contributed by atoms with Gasteiger partial charge in [-0.2, -0.15) is 0 Å². The number of hydrogen-bond acceptors (Lipinski definition) is 2. The third-order valence-corrected chi connectivity index (χ3v) is 4.28. The molecule has 0 unspecified atom stereocenters. The third kappa shape index (κ3) is 2.93. The molecule has 88 valence electrons. The zero-order valence-electron chi connectivity index (χ0n) is 9.30. The summed E-state index contributed by atoms with van der Waals surface area (Å²) < 4.78 is 2.22. The lowest BCUT2D eigenvalue weighted by Crippen LogP contribution is -1.96. The fourth-order valence-corrected chi connectivity index (χ4v) is 2.56. The molecule has 4 heteroatoms. The molecule has 0 spiro atoms. The number of nitrogens with two attached hydrogens (primary N) is 1. The summed E-state index contributed by atoms with van der Waals surface area (Å²) in [7, 11) is 0. The summed E-state index contributed by atoms with van der Waals surface area (Å²) in [6.45, 7) is 2.08. The Bertz CT molecular complexity index is 555. The van der Waals surface area contributed by atoms with Gasteiger partial charge in [-0.05, 0) is 65.4 Å². The first-order chi connectivity index (χ1) is 8.08. The van der Waals surface area contributed by atoms with Gasteiger partial charge in [0.15, 0.2) is 0 Å². The molecule has 2 aromatic carbocycles. The van der Waals surface area contributed by atoms with E-state index in [1.54, 1.807) is 0 Å². The Morgan fingerprint density at radius 1 is 1.18 bits per heavy atom. The first kappa shape index (κ1) is 12.7. The van der Waals surface area contributed by atoms with E-state index in [2.05, 4.69) is 56.8 Å². The highest BCUT2D eigenvalue weighted by molar-refractivity contribution is 14.1. The Labute approximate surface area is 123 Å². The molecule has 0 aliphatic heterocycles. The summed E-state index contributed by atoms with van der Waals surface area (Å²) in [5, 5.41) is 3.42. The van der Waals surface area contributed by atoms with Crippen LogP contribution in [-0.2, 0) is 0 Å². The van der Waals surface area contributed by atoms with E-state index in [0.29, 0.717) is 0 Å². The lowest BCUT2D eigenvalue weighted by molar-refractivity contribution is 1.40. The Kier molecular flexibility index (Phi) is 3.93. The lowest BCUT2D eigenvalue weighted by Gasteiger charge is -2.12. The van der Waals surface area contributed by atoms with Crippen molar-refractivity contribution in [3.8, 4) is 0 Å². The molecule has 0 fully saturated rings. The third-order valence-electron chi connectivity index (χ3n) is 2.53. The van der Waals surface area contributed by atoms with Crippen molar-refractivity contribution in [3.05, 3.63) is 50.0 Å². The number of nitrogen functional groups attached to an aromatic ring is 1. The molecule has 0 aliphatic carbocycles. The zero-order chi connectivity index (χ0) is 12.4. The van der Waals surface area contributed by atoms with E-state index in [9.17, 15) is 0 Å². The molecule has 17 heavy (non-hydrogen) atoms. The maximum Gasteiger partial charge on any atom is 0.0521 e. The molecule has 0 saturated heterocycles. The van der Waals surface area contributed by atoms with Crippen molar-refractivity contribution in [1.82, 2.24) is 0 Å². The summed E-state index contributed by atoms with van der Waals surface area (Å²) in [5.41, 5.74) is 9.88. The van der Waals surface area contributed by atoms with Crippen molar-refractivity contribution in [3.63, 3.8) is 0 Å². The molecule has 2 aromatic rings. The number of halogens is 2. The van der Waals surface area contributed by atoms with Crippen molar-refractivity contribution >= 4 is 55.6 Å². The van der Waals surface area contributed by atoms with Gasteiger partial charge in [0.25, 0.3) is 0 Å². The van der Waals surface area contributed by atoms with E-state index in [-0.39, 0.29) is 0 Å². The van der Waals surface area contributed by atoms with E-state index in [1.807, 2.05) is 30.3 Å².